The number of rotatable bonds is 7. The molecule has 1 aliphatic heterocycles. The Kier molecular flexibility index (Phi) is 7.15. The highest BCUT2D eigenvalue weighted by molar-refractivity contribution is 4.75. The quantitative estimate of drug-likeness (QED) is 0.740. The summed E-state index contributed by atoms with van der Waals surface area (Å²) in [5.74, 6) is 0.625. The smallest absolute Gasteiger partial charge is 0.0793 e. The zero-order valence-corrected chi connectivity index (χ0v) is 12.4. The van der Waals surface area contributed by atoms with Crippen molar-refractivity contribution in [3.8, 4) is 0 Å². The lowest BCUT2D eigenvalue weighted by molar-refractivity contribution is 0.00226. The molecule has 0 aliphatic carbocycles. The van der Waals surface area contributed by atoms with Crippen molar-refractivity contribution in [1.29, 1.82) is 0 Å². The number of β-amino-alcohol motifs (C(OH)–C–C–N with tert-alkyl or cyclic N) is 1. The summed E-state index contributed by atoms with van der Waals surface area (Å²) in [4.78, 5) is 4.66. The van der Waals surface area contributed by atoms with E-state index < -0.39 is 0 Å². The van der Waals surface area contributed by atoms with Gasteiger partial charge in [-0.1, -0.05) is 20.8 Å². The molecule has 18 heavy (non-hydrogen) atoms. The molecule has 1 fully saturated rings. The first-order valence-electron chi connectivity index (χ1n) is 7.26. The molecule has 0 amide bonds. The zero-order valence-electron chi connectivity index (χ0n) is 12.4. The molecule has 0 saturated carbocycles. The van der Waals surface area contributed by atoms with Gasteiger partial charge in [0.1, 0.15) is 0 Å². The van der Waals surface area contributed by atoms with E-state index in [0.29, 0.717) is 12.0 Å². The van der Waals surface area contributed by atoms with E-state index in [9.17, 15) is 5.11 Å². The molecular formula is C14H30N2O2. The van der Waals surface area contributed by atoms with E-state index in [0.717, 1.165) is 45.9 Å². The summed E-state index contributed by atoms with van der Waals surface area (Å²) in [5.41, 5.74) is 0. The average molecular weight is 258 g/mol. The number of aliphatic hydroxyl groups excluding tert-OH is 1. The lowest BCUT2D eigenvalue weighted by atomic mass is 10.0. The van der Waals surface area contributed by atoms with Gasteiger partial charge in [0.05, 0.1) is 19.3 Å². The number of nitrogens with zero attached hydrogens (tertiary/aromatic N) is 2. The van der Waals surface area contributed by atoms with Crippen LogP contribution in [0, 0.1) is 5.92 Å². The molecule has 1 aliphatic rings. The molecular weight excluding hydrogens is 228 g/mol. The van der Waals surface area contributed by atoms with Crippen molar-refractivity contribution in [1.82, 2.24) is 9.80 Å². The van der Waals surface area contributed by atoms with Gasteiger partial charge in [-0.2, -0.15) is 0 Å². The maximum absolute atomic E-state index is 10.2. The van der Waals surface area contributed by atoms with E-state index in [-0.39, 0.29) is 6.10 Å². The SMILES string of the molecule is CCN(CC(O)CN1CCOCC1)C(C)C(C)C. The molecule has 108 valence electrons. The monoisotopic (exact) mass is 258 g/mol. The molecule has 0 radical (unpaired) electrons. The first-order valence-corrected chi connectivity index (χ1v) is 7.26. The summed E-state index contributed by atoms with van der Waals surface area (Å²) in [7, 11) is 0. The van der Waals surface area contributed by atoms with Crippen molar-refractivity contribution in [2.45, 2.75) is 39.8 Å². The largest absolute Gasteiger partial charge is 0.390 e. The number of hydrogen-bond donors (Lipinski definition) is 1. The van der Waals surface area contributed by atoms with Crippen LogP contribution in [0.15, 0.2) is 0 Å². The van der Waals surface area contributed by atoms with Crippen LogP contribution in [0.5, 0.6) is 0 Å². The van der Waals surface area contributed by atoms with E-state index in [1.165, 1.54) is 0 Å². The van der Waals surface area contributed by atoms with Gasteiger partial charge in [0.15, 0.2) is 0 Å². The molecule has 2 atom stereocenters. The first-order chi connectivity index (χ1) is 8.54. The van der Waals surface area contributed by atoms with Crippen molar-refractivity contribution >= 4 is 0 Å². The highest BCUT2D eigenvalue weighted by Gasteiger charge is 2.21. The first kappa shape index (κ1) is 15.9. The van der Waals surface area contributed by atoms with Crippen LogP contribution >= 0.6 is 0 Å². The average Bonchev–Trinajstić information content (AvgIpc) is 2.36. The van der Waals surface area contributed by atoms with Gasteiger partial charge in [0, 0.05) is 32.2 Å². The minimum Gasteiger partial charge on any atom is -0.390 e. The molecule has 4 heteroatoms. The second-order valence-corrected chi connectivity index (χ2v) is 5.64. The fourth-order valence-electron chi connectivity index (χ4n) is 2.42. The number of likely N-dealkylation sites (N-methyl/N-ethyl adjacent to an activating group) is 1. The van der Waals surface area contributed by atoms with Crippen LogP contribution in [0.3, 0.4) is 0 Å². The summed E-state index contributed by atoms with van der Waals surface area (Å²) in [6.07, 6.45) is -0.260. The Balaban J connectivity index is 2.34. The molecule has 4 nitrogen and oxygen atoms in total. The van der Waals surface area contributed by atoms with Crippen LogP contribution in [0.1, 0.15) is 27.7 Å². The molecule has 0 bridgehead atoms. The molecule has 1 heterocycles. The van der Waals surface area contributed by atoms with Crippen LogP contribution in [-0.4, -0.2) is 73.0 Å². The molecule has 1 saturated heterocycles. The molecule has 0 spiro atoms. The fraction of sp³-hybridized carbons (Fsp3) is 1.00. The Morgan fingerprint density at radius 3 is 2.33 bits per heavy atom. The van der Waals surface area contributed by atoms with Gasteiger partial charge in [-0.25, -0.2) is 0 Å². The molecule has 0 aromatic heterocycles. The zero-order chi connectivity index (χ0) is 13.5. The highest BCUT2D eigenvalue weighted by atomic mass is 16.5. The van der Waals surface area contributed by atoms with E-state index in [1.54, 1.807) is 0 Å². The molecule has 1 N–H and O–H groups in total. The minimum atomic E-state index is -0.260. The topological polar surface area (TPSA) is 35.9 Å². The standard InChI is InChI=1S/C14H30N2O2/c1-5-16(13(4)12(2)3)11-14(17)10-15-6-8-18-9-7-15/h12-14,17H,5-11H2,1-4H3. The summed E-state index contributed by atoms with van der Waals surface area (Å²) < 4.78 is 5.32. The number of hydrogen-bond acceptors (Lipinski definition) is 4. The van der Waals surface area contributed by atoms with Crippen molar-refractivity contribution < 1.29 is 9.84 Å². The van der Waals surface area contributed by atoms with Crippen LogP contribution in [0.2, 0.25) is 0 Å². The van der Waals surface area contributed by atoms with E-state index >= 15 is 0 Å². The Morgan fingerprint density at radius 1 is 1.22 bits per heavy atom. The normalized spacial score (nSPS) is 21.5. The fourth-order valence-corrected chi connectivity index (χ4v) is 2.42. The summed E-state index contributed by atoms with van der Waals surface area (Å²) in [6.45, 7) is 14.9. The number of morpholine rings is 1. The molecule has 1 rings (SSSR count). The van der Waals surface area contributed by atoms with Crippen molar-refractivity contribution in [2.75, 3.05) is 45.9 Å². The number of aliphatic hydroxyl groups is 1. The van der Waals surface area contributed by atoms with Gasteiger partial charge >= 0.3 is 0 Å². The van der Waals surface area contributed by atoms with Crippen molar-refractivity contribution in [3.05, 3.63) is 0 Å². The van der Waals surface area contributed by atoms with E-state index in [1.807, 2.05) is 0 Å². The third kappa shape index (κ3) is 5.22. The van der Waals surface area contributed by atoms with Gasteiger partial charge < -0.3 is 9.84 Å². The molecule has 0 aromatic carbocycles. The maximum Gasteiger partial charge on any atom is 0.0793 e. The van der Waals surface area contributed by atoms with Crippen LogP contribution in [0.4, 0.5) is 0 Å². The van der Waals surface area contributed by atoms with Gasteiger partial charge in [0.2, 0.25) is 0 Å². The highest BCUT2D eigenvalue weighted by Crippen LogP contribution is 2.11. The van der Waals surface area contributed by atoms with Crippen molar-refractivity contribution in [3.63, 3.8) is 0 Å². The Hall–Kier alpha value is -0.160. The van der Waals surface area contributed by atoms with Crippen LogP contribution < -0.4 is 0 Å². The van der Waals surface area contributed by atoms with Crippen molar-refractivity contribution in [2.24, 2.45) is 5.92 Å². The van der Waals surface area contributed by atoms with Gasteiger partial charge in [-0.05, 0) is 19.4 Å². The Morgan fingerprint density at radius 2 is 1.83 bits per heavy atom. The van der Waals surface area contributed by atoms with Crippen LogP contribution in [0.25, 0.3) is 0 Å². The lowest BCUT2D eigenvalue weighted by Gasteiger charge is -2.34. The van der Waals surface area contributed by atoms with Crippen LogP contribution in [-0.2, 0) is 4.74 Å². The lowest BCUT2D eigenvalue weighted by Crippen LogP contribution is -2.47. The van der Waals surface area contributed by atoms with Gasteiger partial charge in [-0.3, -0.25) is 9.80 Å². The summed E-state index contributed by atoms with van der Waals surface area (Å²) in [6, 6.07) is 0.523. The second-order valence-electron chi connectivity index (χ2n) is 5.64. The predicted octanol–water partition coefficient (Wildman–Crippen LogP) is 1.05. The Bertz CT molecular complexity index is 218. The number of ether oxygens (including phenoxy) is 1. The second kappa shape index (κ2) is 8.10. The Labute approximate surface area is 112 Å². The summed E-state index contributed by atoms with van der Waals surface area (Å²) >= 11 is 0. The third-order valence-electron chi connectivity index (χ3n) is 3.96. The van der Waals surface area contributed by atoms with Gasteiger partial charge in [-0.15, -0.1) is 0 Å². The van der Waals surface area contributed by atoms with E-state index in [4.69, 9.17) is 4.74 Å². The van der Waals surface area contributed by atoms with E-state index in [2.05, 4.69) is 37.5 Å². The summed E-state index contributed by atoms with van der Waals surface area (Å²) in [5, 5.41) is 10.2. The molecule has 2 unspecified atom stereocenters. The maximum atomic E-state index is 10.2. The van der Waals surface area contributed by atoms with Gasteiger partial charge in [0.25, 0.3) is 0 Å². The minimum absolute atomic E-state index is 0.260. The third-order valence-corrected chi connectivity index (χ3v) is 3.96. The molecule has 0 aromatic rings. The predicted molar refractivity (Wildman–Crippen MR) is 74.8 cm³/mol.